The van der Waals surface area contributed by atoms with Crippen molar-refractivity contribution in [1.82, 2.24) is 39.5 Å². The van der Waals surface area contributed by atoms with Crippen LogP contribution in [-0.2, 0) is 48.6 Å². The van der Waals surface area contributed by atoms with Crippen molar-refractivity contribution in [3.05, 3.63) is 308 Å². The van der Waals surface area contributed by atoms with E-state index in [0.29, 0.717) is 92.5 Å². The van der Waals surface area contributed by atoms with Crippen LogP contribution in [0, 0.1) is 103 Å². The highest BCUT2D eigenvalue weighted by Gasteiger charge is 2.49. The zero-order valence-electron chi connectivity index (χ0n) is 85.4. The Balaban J connectivity index is 0.000000124. The third kappa shape index (κ3) is 23.6. The van der Waals surface area contributed by atoms with Crippen molar-refractivity contribution in [2.45, 2.75) is 261 Å². The van der Waals surface area contributed by atoms with Crippen molar-refractivity contribution in [3.8, 4) is 56.4 Å². The first-order chi connectivity index (χ1) is 69.2. The van der Waals surface area contributed by atoms with E-state index >= 15 is 0 Å². The maximum Gasteiger partial charge on any atom is 0.373 e. The number of likely N-dealkylation sites (tertiary alicyclic amines) is 4. The van der Waals surface area contributed by atoms with Crippen LogP contribution in [0.2, 0.25) is 0 Å². The molecule has 12 atom stereocenters. The van der Waals surface area contributed by atoms with Gasteiger partial charge in [-0.1, -0.05) is 144 Å². The standard InChI is InChI=1S/C32H36N2O2.C32H38N2O2.C32H36N2OS.C27H34N2O2.CO2/c1-4-35-30-16-14-25(22(3)32(30)23-11-9-21(2)10-12-23)20-34-18-17-26-24(13-15-28(26)34)19-31-33-27-7-5-6-8-29(27)36-31;1-5-36-31-13-11-26(23(4)32(31)24-8-6-21(2)7-9-24)20-34-15-14-28-25(10-12-29(28)34)17-30(35)27-16-22(3)18-33-19-27;1-4-35-29-16-14-25(22(3)32(29)23-11-9-21(2)10-12-23)20-34-18-17-26-24(13-15-28(26)34)19-31-33-27-7-5-6-8-30(27)36-31;1-19-13-22(17-28-16-19)27(30)15-21-9-10-26-25(21)11-12-29(26)18-20-5-4-8-24(14-20)31-23-6-2-3-7-23;2-1-3/h5-12,14,16,24,26,28H,4,13,15,17-20H2,1-3H3;6-9,11,13,16,18-19,25,28-29H,5,10,12,14-15,17,20H2,1-4H3;5-12,14,16,24,26,28H,4,13,15,17-20H2,1-3H3;4-5,8,13-14,16-17,21,23,25-26H,2-3,6-7,9-12,15,18H2,1H3;. The number of ether oxygens (including phenoxy) is 4. The van der Waals surface area contributed by atoms with E-state index in [2.05, 4.69) is 243 Å². The third-order valence-corrected chi connectivity index (χ3v) is 34.1. The van der Waals surface area contributed by atoms with Crippen molar-refractivity contribution in [2.75, 3.05) is 46.0 Å². The van der Waals surface area contributed by atoms with Crippen LogP contribution in [0.4, 0.5) is 0 Å². The summed E-state index contributed by atoms with van der Waals surface area (Å²) < 4.78 is 31.8. The molecular weight excluding hydrogens is 1780 g/mol. The highest BCUT2D eigenvalue weighted by Crippen LogP contribution is 2.51. The van der Waals surface area contributed by atoms with Gasteiger partial charge in [0, 0.05) is 129 Å². The lowest BCUT2D eigenvalue weighted by Crippen LogP contribution is -2.30. The number of thiazole rings is 1. The molecule has 0 N–H and O–H groups in total. The van der Waals surface area contributed by atoms with Gasteiger partial charge in [-0.05, 0) is 386 Å². The number of para-hydroxylation sites is 3. The van der Waals surface area contributed by atoms with Crippen LogP contribution in [-0.4, -0.2) is 134 Å². The van der Waals surface area contributed by atoms with E-state index < -0.39 is 0 Å². The Kier molecular flexibility index (Phi) is 33.2. The lowest BCUT2D eigenvalue weighted by molar-refractivity contribution is -0.191. The first kappa shape index (κ1) is 100. The number of benzene rings is 9. The molecule has 18 heteroatoms. The van der Waals surface area contributed by atoms with Gasteiger partial charge in [0.15, 0.2) is 23.0 Å². The molecule has 5 aliphatic carbocycles. The summed E-state index contributed by atoms with van der Waals surface area (Å²) in [5, 5.41) is 1.32. The van der Waals surface area contributed by atoms with E-state index in [-0.39, 0.29) is 17.7 Å². The topological polar surface area (TPSA) is 183 Å². The number of carbonyl (C=O) groups excluding carboxylic acids is 4. The average molecular weight is 1920 g/mol. The number of pyridine rings is 2. The van der Waals surface area contributed by atoms with Gasteiger partial charge in [-0.2, -0.15) is 9.59 Å². The van der Waals surface area contributed by atoms with Gasteiger partial charge in [0.25, 0.3) is 0 Å². The molecule has 4 aromatic heterocycles. The minimum atomic E-state index is 0.250. The molecule has 142 heavy (non-hydrogen) atoms. The zero-order chi connectivity index (χ0) is 98.4. The van der Waals surface area contributed by atoms with Crippen molar-refractivity contribution in [2.24, 2.45) is 47.3 Å². The quantitative estimate of drug-likeness (QED) is 0.0403. The molecule has 9 fully saturated rings. The number of aryl methyl sites for hydroxylation is 5. The predicted octanol–water partition coefficient (Wildman–Crippen LogP) is 27.1. The number of aromatic nitrogens is 4. The van der Waals surface area contributed by atoms with Gasteiger partial charge >= 0.3 is 6.15 Å². The molecule has 9 aromatic carbocycles. The Morgan fingerprint density at radius 2 is 0.796 bits per heavy atom. The van der Waals surface area contributed by atoms with Crippen LogP contribution in [0.5, 0.6) is 23.0 Å². The number of hydrogen-bond acceptors (Lipinski definition) is 18. The lowest BCUT2D eigenvalue weighted by atomic mass is 9.87. The summed E-state index contributed by atoms with van der Waals surface area (Å²) in [7, 11) is 0. The Hall–Kier alpha value is -11.6. The van der Waals surface area contributed by atoms with Gasteiger partial charge in [0.05, 0.1) is 41.1 Å². The summed E-state index contributed by atoms with van der Waals surface area (Å²) in [6.45, 7) is 34.0. The molecule has 9 aliphatic rings. The summed E-state index contributed by atoms with van der Waals surface area (Å²) in [4.78, 5) is 71.0. The van der Waals surface area contributed by atoms with Crippen LogP contribution >= 0.6 is 11.3 Å². The first-order valence-corrected chi connectivity index (χ1v) is 53.8. The Morgan fingerprint density at radius 1 is 0.394 bits per heavy atom. The van der Waals surface area contributed by atoms with Crippen molar-refractivity contribution in [3.63, 3.8) is 0 Å². The number of nitrogens with zero attached hydrogens (tertiary/aromatic N) is 8. The highest BCUT2D eigenvalue weighted by atomic mass is 32.1. The molecule has 22 rings (SSSR count). The van der Waals surface area contributed by atoms with Gasteiger partial charge in [-0.25, -0.2) is 9.97 Å². The Morgan fingerprint density at radius 3 is 1.22 bits per heavy atom. The second kappa shape index (κ2) is 46.8. The van der Waals surface area contributed by atoms with Crippen LogP contribution in [0.25, 0.3) is 54.7 Å². The van der Waals surface area contributed by atoms with Crippen LogP contribution < -0.4 is 18.9 Å². The number of rotatable bonds is 29. The summed E-state index contributed by atoms with van der Waals surface area (Å²) in [5.74, 6) is 10.6. The largest absolute Gasteiger partial charge is 0.493 e. The Labute approximate surface area is 845 Å². The fourth-order valence-electron chi connectivity index (χ4n) is 25.9. The van der Waals surface area contributed by atoms with Gasteiger partial charge in [0.2, 0.25) is 0 Å². The number of ketones is 2. The van der Waals surface area contributed by atoms with Crippen LogP contribution in [0.3, 0.4) is 0 Å². The van der Waals surface area contributed by atoms with Gasteiger partial charge in [0.1, 0.15) is 28.5 Å². The summed E-state index contributed by atoms with van der Waals surface area (Å²) in [6.07, 6.45) is 31.1. The number of Topliss-reactive ketones (excluding diaryl/α,β-unsaturated/α-hetero) is 2. The monoisotopic (exact) mass is 1920 g/mol. The molecule has 4 saturated heterocycles. The smallest absolute Gasteiger partial charge is 0.373 e. The highest BCUT2D eigenvalue weighted by molar-refractivity contribution is 7.18. The maximum absolute atomic E-state index is 13.0. The summed E-state index contributed by atoms with van der Waals surface area (Å²) in [5.41, 5.74) is 27.5. The molecule has 13 aromatic rings. The van der Waals surface area contributed by atoms with Crippen LogP contribution in [0.15, 0.2) is 223 Å². The van der Waals surface area contributed by atoms with E-state index in [1.807, 2.05) is 80.9 Å². The van der Waals surface area contributed by atoms with E-state index in [9.17, 15) is 9.59 Å². The second-order valence-corrected chi connectivity index (χ2v) is 43.1. The number of carbonyl (C=O) groups is 2. The molecule has 0 radical (unpaired) electrons. The molecule has 17 nitrogen and oxygen atoms in total. The molecule has 8 heterocycles. The molecule has 0 spiro atoms. The SMILES string of the molecule is CCOc1ccc(CN2CCC3C(CC(=O)c4cncc(C)c4)CCC32)c(C)c1-c1ccc(C)cc1.CCOc1ccc(CN2CCC3C(Cc4nc5ccccc5o4)CCC32)c(C)c1-c1ccc(C)cc1.CCOc1ccc(CN2CCC3C(Cc4nc5ccccc5s4)CCC32)c(C)c1-c1ccc(C)cc1.Cc1cncc(C(=O)CC2CCC3C2CCN3Cc2cccc(OC3CCCC3)c2)c1.O=C=O. The number of fused-ring (bicyclic) bond motifs is 6. The van der Waals surface area contributed by atoms with E-state index in [0.717, 1.165) is 144 Å². The molecular formula is C124H144N8O9S. The van der Waals surface area contributed by atoms with Gasteiger partial charge < -0.3 is 23.4 Å². The molecule has 4 aliphatic heterocycles. The van der Waals surface area contributed by atoms with Crippen LogP contribution in [0.1, 0.15) is 235 Å². The molecule has 12 unspecified atom stereocenters. The normalized spacial score (nSPS) is 22.3. The molecule has 5 saturated carbocycles. The molecule has 0 bridgehead atoms. The fraction of sp³-hybridized carbons (Fsp3) is 0.444. The summed E-state index contributed by atoms with van der Waals surface area (Å²) >= 11 is 1.89. The maximum atomic E-state index is 13.0. The van der Waals surface area contributed by atoms with E-state index in [1.54, 1.807) is 12.4 Å². The van der Waals surface area contributed by atoms with E-state index in [4.69, 9.17) is 42.9 Å². The second-order valence-electron chi connectivity index (χ2n) is 41.9. The first-order valence-electron chi connectivity index (χ1n) is 53.0. The van der Waals surface area contributed by atoms with Crippen molar-refractivity contribution < 1.29 is 42.5 Å². The van der Waals surface area contributed by atoms with Gasteiger partial charge in [-0.15, -0.1) is 11.3 Å². The molecule has 0 amide bonds. The number of hydrogen-bond donors (Lipinski definition) is 0. The fourth-order valence-corrected chi connectivity index (χ4v) is 27.0. The minimum absolute atomic E-state index is 0.250. The average Bonchev–Trinajstić information content (AvgIpc) is 1.75. The predicted molar refractivity (Wildman–Crippen MR) is 569 cm³/mol. The minimum Gasteiger partial charge on any atom is -0.493 e. The van der Waals surface area contributed by atoms with E-state index in [1.165, 1.54) is 208 Å². The zero-order valence-corrected chi connectivity index (χ0v) is 86.2. The lowest BCUT2D eigenvalue weighted by Gasteiger charge is -2.26. The third-order valence-electron chi connectivity index (χ3n) is 33.0. The summed E-state index contributed by atoms with van der Waals surface area (Å²) in [6, 6.07) is 71.8. The Bertz CT molecular complexity index is 6240. The van der Waals surface area contributed by atoms with Gasteiger partial charge in [-0.3, -0.25) is 39.2 Å². The van der Waals surface area contributed by atoms with Crippen molar-refractivity contribution >= 4 is 50.4 Å². The number of oxazole rings is 1. The molecule has 740 valence electrons. The van der Waals surface area contributed by atoms with Crippen molar-refractivity contribution in [1.29, 1.82) is 0 Å².